The summed E-state index contributed by atoms with van der Waals surface area (Å²) in [6.07, 6.45) is 0.900. The predicted octanol–water partition coefficient (Wildman–Crippen LogP) is 2.48. The Morgan fingerprint density at radius 2 is 1.89 bits per heavy atom. The molecule has 18 heavy (non-hydrogen) atoms. The maximum Gasteiger partial charge on any atom is 0.0638 e. The highest BCUT2D eigenvalue weighted by molar-refractivity contribution is 5.18. The first kappa shape index (κ1) is 15.2. The molecule has 102 valence electrons. The minimum Gasteiger partial charge on any atom is -0.379 e. The van der Waals surface area contributed by atoms with Crippen LogP contribution in [0.1, 0.15) is 38.8 Å². The van der Waals surface area contributed by atoms with Crippen LogP contribution in [-0.4, -0.2) is 25.3 Å². The third-order valence-corrected chi connectivity index (χ3v) is 3.36. The van der Waals surface area contributed by atoms with Crippen LogP contribution in [0.3, 0.4) is 0 Å². The molecular weight excluding hydrogens is 224 g/mol. The molecule has 0 radical (unpaired) electrons. The largest absolute Gasteiger partial charge is 0.379 e. The van der Waals surface area contributed by atoms with Crippen molar-refractivity contribution in [2.45, 2.75) is 44.9 Å². The molecule has 2 atom stereocenters. The summed E-state index contributed by atoms with van der Waals surface area (Å²) in [6, 6.07) is 11.0. The number of hydrogen-bond acceptors (Lipinski definition) is 3. The Morgan fingerprint density at radius 1 is 1.28 bits per heavy atom. The fraction of sp³-hybridized carbons (Fsp3) is 0.600. The van der Waals surface area contributed by atoms with Gasteiger partial charge in [0, 0.05) is 25.7 Å². The molecule has 1 rings (SSSR count). The standard InChI is InChI=1S/C15H26N2O/c1-12(13-8-6-5-7-9-13)17-14(11-16)10-15(2,3)18-4/h5-9,12,14,17H,10-11,16H2,1-4H3. The van der Waals surface area contributed by atoms with Crippen molar-refractivity contribution in [1.82, 2.24) is 5.32 Å². The van der Waals surface area contributed by atoms with E-state index < -0.39 is 0 Å². The van der Waals surface area contributed by atoms with Crippen molar-refractivity contribution in [3.8, 4) is 0 Å². The lowest BCUT2D eigenvalue weighted by Gasteiger charge is -2.30. The van der Waals surface area contributed by atoms with E-state index in [1.165, 1.54) is 5.56 Å². The minimum absolute atomic E-state index is 0.145. The van der Waals surface area contributed by atoms with Crippen LogP contribution < -0.4 is 11.1 Å². The monoisotopic (exact) mass is 250 g/mol. The van der Waals surface area contributed by atoms with E-state index in [4.69, 9.17) is 10.5 Å². The molecule has 0 aliphatic heterocycles. The van der Waals surface area contributed by atoms with Gasteiger partial charge in [0.25, 0.3) is 0 Å². The van der Waals surface area contributed by atoms with Gasteiger partial charge in [0.1, 0.15) is 0 Å². The molecule has 1 aromatic carbocycles. The van der Waals surface area contributed by atoms with Gasteiger partial charge in [-0.3, -0.25) is 0 Å². The molecular formula is C15H26N2O. The van der Waals surface area contributed by atoms with E-state index in [2.05, 4.69) is 50.4 Å². The highest BCUT2D eigenvalue weighted by Gasteiger charge is 2.23. The van der Waals surface area contributed by atoms with E-state index in [9.17, 15) is 0 Å². The Morgan fingerprint density at radius 3 is 2.39 bits per heavy atom. The lowest BCUT2D eigenvalue weighted by Crippen LogP contribution is -2.43. The molecule has 1 aromatic rings. The summed E-state index contributed by atoms with van der Waals surface area (Å²) in [7, 11) is 1.74. The Balaban J connectivity index is 2.58. The average molecular weight is 250 g/mol. The number of ether oxygens (including phenoxy) is 1. The number of benzene rings is 1. The average Bonchev–Trinajstić information content (AvgIpc) is 2.38. The van der Waals surface area contributed by atoms with E-state index in [0.717, 1.165) is 6.42 Å². The minimum atomic E-state index is -0.145. The van der Waals surface area contributed by atoms with Crippen molar-refractivity contribution < 1.29 is 4.74 Å². The maximum absolute atomic E-state index is 5.84. The summed E-state index contributed by atoms with van der Waals surface area (Å²) in [4.78, 5) is 0. The van der Waals surface area contributed by atoms with E-state index in [-0.39, 0.29) is 11.6 Å². The van der Waals surface area contributed by atoms with E-state index in [1.54, 1.807) is 7.11 Å². The number of methoxy groups -OCH3 is 1. The molecule has 0 saturated heterocycles. The summed E-state index contributed by atoms with van der Waals surface area (Å²) in [5, 5.41) is 3.57. The Kier molecular flexibility index (Phi) is 5.79. The van der Waals surface area contributed by atoms with Gasteiger partial charge in [0.15, 0.2) is 0 Å². The van der Waals surface area contributed by atoms with Crippen LogP contribution in [0, 0.1) is 0 Å². The second-order valence-electron chi connectivity index (χ2n) is 5.40. The molecule has 0 amide bonds. The molecule has 3 nitrogen and oxygen atoms in total. The predicted molar refractivity (Wildman–Crippen MR) is 76.5 cm³/mol. The van der Waals surface area contributed by atoms with Gasteiger partial charge >= 0.3 is 0 Å². The summed E-state index contributed by atoms with van der Waals surface area (Å²) < 4.78 is 5.46. The third-order valence-electron chi connectivity index (χ3n) is 3.36. The number of rotatable bonds is 7. The Labute approximate surface area is 111 Å². The van der Waals surface area contributed by atoms with Crippen molar-refractivity contribution in [2.24, 2.45) is 5.73 Å². The number of nitrogens with two attached hydrogens (primary N) is 1. The molecule has 0 heterocycles. The molecule has 0 bridgehead atoms. The topological polar surface area (TPSA) is 47.3 Å². The number of nitrogens with one attached hydrogen (secondary N) is 1. The van der Waals surface area contributed by atoms with Gasteiger partial charge in [-0.25, -0.2) is 0 Å². The lowest BCUT2D eigenvalue weighted by atomic mass is 9.97. The van der Waals surface area contributed by atoms with Crippen molar-refractivity contribution in [3.63, 3.8) is 0 Å². The van der Waals surface area contributed by atoms with Crippen LogP contribution in [0.25, 0.3) is 0 Å². The molecule has 0 spiro atoms. The van der Waals surface area contributed by atoms with Gasteiger partial charge in [-0.15, -0.1) is 0 Å². The lowest BCUT2D eigenvalue weighted by molar-refractivity contribution is 0.00699. The Bertz CT molecular complexity index is 338. The first-order valence-electron chi connectivity index (χ1n) is 6.54. The van der Waals surface area contributed by atoms with Crippen LogP contribution in [0.2, 0.25) is 0 Å². The van der Waals surface area contributed by atoms with Crippen LogP contribution in [0.15, 0.2) is 30.3 Å². The maximum atomic E-state index is 5.84. The molecule has 0 fully saturated rings. The zero-order valence-electron chi connectivity index (χ0n) is 11.9. The molecule has 0 aromatic heterocycles. The van der Waals surface area contributed by atoms with Gasteiger partial charge in [-0.05, 0) is 32.8 Å². The zero-order valence-corrected chi connectivity index (χ0v) is 11.9. The van der Waals surface area contributed by atoms with E-state index in [0.29, 0.717) is 12.6 Å². The first-order chi connectivity index (χ1) is 8.48. The van der Waals surface area contributed by atoms with Crippen LogP contribution in [0.5, 0.6) is 0 Å². The normalized spacial score (nSPS) is 15.4. The van der Waals surface area contributed by atoms with Gasteiger partial charge in [-0.2, -0.15) is 0 Å². The molecule has 3 N–H and O–H groups in total. The fourth-order valence-electron chi connectivity index (χ4n) is 2.08. The third kappa shape index (κ3) is 4.77. The van der Waals surface area contributed by atoms with Gasteiger partial charge in [-0.1, -0.05) is 30.3 Å². The molecule has 0 saturated carbocycles. The quantitative estimate of drug-likeness (QED) is 0.781. The molecule has 2 unspecified atom stereocenters. The van der Waals surface area contributed by atoms with Gasteiger partial charge in [0.2, 0.25) is 0 Å². The summed E-state index contributed by atoms with van der Waals surface area (Å²) in [6.45, 7) is 6.96. The smallest absolute Gasteiger partial charge is 0.0638 e. The van der Waals surface area contributed by atoms with E-state index in [1.807, 2.05) is 6.07 Å². The van der Waals surface area contributed by atoms with Crippen LogP contribution in [-0.2, 0) is 4.74 Å². The van der Waals surface area contributed by atoms with Gasteiger partial charge < -0.3 is 15.8 Å². The first-order valence-corrected chi connectivity index (χ1v) is 6.54. The molecule has 0 aliphatic carbocycles. The van der Waals surface area contributed by atoms with Crippen molar-refractivity contribution in [2.75, 3.05) is 13.7 Å². The summed E-state index contributed by atoms with van der Waals surface area (Å²) >= 11 is 0. The van der Waals surface area contributed by atoms with Crippen molar-refractivity contribution in [1.29, 1.82) is 0 Å². The summed E-state index contributed by atoms with van der Waals surface area (Å²) in [5.74, 6) is 0. The second kappa shape index (κ2) is 6.88. The zero-order chi connectivity index (χ0) is 13.6. The van der Waals surface area contributed by atoms with Crippen molar-refractivity contribution in [3.05, 3.63) is 35.9 Å². The SMILES string of the molecule is COC(C)(C)CC(CN)NC(C)c1ccccc1. The number of hydrogen-bond donors (Lipinski definition) is 2. The highest BCUT2D eigenvalue weighted by Crippen LogP contribution is 2.18. The highest BCUT2D eigenvalue weighted by atomic mass is 16.5. The second-order valence-corrected chi connectivity index (χ2v) is 5.40. The molecule has 0 aliphatic rings. The molecule has 3 heteroatoms. The van der Waals surface area contributed by atoms with Crippen LogP contribution >= 0.6 is 0 Å². The fourth-order valence-corrected chi connectivity index (χ4v) is 2.08. The van der Waals surface area contributed by atoms with E-state index >= 15 is 0 Å². The Hall–Kier alpha value is -0.900. The van der Waals surface area contributed by atoms with Crippen molar-refractivity contribution >= 4 is 0 Å². The summed E-state index contributed by atoms with van der Waals surface area (Å²) in [5.41, 5.74) is 6.98. The van der Waals surface area contributed by atoms with Crippen LogP contribution in [0.4, 0.5) is 0 Å². The van der Waals surface area contributed by atoms with Gasteiger partial charge in [0.05, 0.1) is 5.60 Å².